The van der Waals surface area contributed by atoms with Crippen molar-refractivity contribution >= 4 is 23.2 Å². The Hall–Kier alpha value is -3.25. The van der Waals surface area contributed by atoms with Crippen LogP contribution in [0.15, 0.2) is 35.1 Å². The van der Waals surface area contributed by atoms with Gasteiger partial charge in [-0.1, -0.05) is 24.6 Å². The lowest BCUT2D eigenvalue weighted by Gasteiger charge is -2.19. The Kier molecular flexibility index (Phi) is 7.37. The van der Waals surface area contributed by atoms with Gasteiger partial charge in [-0.15, -0.1) is 5.10 Å². The normalized spacial score (nSPS) is 13.5. The van der Waals surface area contributed by atoms with Gasteiger partial charge in [0.1, 0.15) is 23.4 Å². The molecule has 0 saturated heterocycles. The van der Waals surface area contributed by atoms with E-state index in [4.69, 9.17) is 11.6 Å². The number of hydrogen-bond donors (Lipinski definition) is 2. The van der Waals surface area contributed by atoms with E-state index in [1.165, 1.54) is 26.1 Å². The number of anilines is 1. The molecule has 2 N–H and O–H groups in total. The van der Waals surface area contributed by atoms with Gasteiger partial charge in [0.2, 0.25) is 0 Å². The minimum atomic E-state index is -4.64. The summed E-state index contributed by atoms with van der Waals surface area (Å²) in [5.74, 6) is -5.23. The van der Waals surface area contributed by atoms with Gasteiger partial charge in [-0.3, -0.25) is 9.36 Å². The molecule has 3 rings (SSSR count). The molecule has 0 aliphatic rings. The molecule has 0 spiro atoms. The van der Waals surface area contributed by atoms with Crippen molar-refractivity contribution < 1.29 is 31.9 Å². The van der Waals surface area contributed by atoms with Gasteiger partial charge < -0.3 is 10.4 Å². The van der Waals surface area contributed by atoms with Gasteiger partial charge in [0.05, 0.1) is 16.6 Å². The Labute approximate surface area is 200 Å². The topological polar surface area (TPSA) is 89.2 Å². The number of benzene rings is 2. The third kappa shape index (κ3) is 5.38. The summed E-state index contributed by atoms with van der Waals surface area (Å²) >= 11 is 5.89. The zero-order valence-electron chi connectivity index (χ0n) is 18.6. The highest BCUT2D eigenvalue weighted by atomic mass is 35.5. The molecular formula is C22H20ClF5N4O3. The highest BCUT2D eigenvalue weighted by molar-refractivity contribution is 6.34. The van der Waals surface area contributed by atoms with Crippen molar-refractivity contribution in [2.75, 3.05) is 5.32 Å². The lowest BCUT2D eigenvalue weighted by molar-refractivity contribution is -0.169. The number of para-hydroxylation sites is 1. The second kappa shape index (κ2) is 9.78. The van der Waals surface area contributed by atoms with Gasteiger partial charge in [0.25, 0.3) is 5.91 Å². The van der Waals surface area contributed by atoms with E-state index in [9.17, 15) is 32.3 Å². The third-order valence-corrected chi connectivity index (χ3v) is 5.63. The summed E-state index contributed by atoms with van der Waals surface area (Å²) in [5.41, 5.74) is -2.61. The summed E-state index contributed by atoms with van der Waals surface area (Å²) < 4.78 is 70.6. The maximum absolute atomic E-state index is 15.1. The Bertz CT molecular complexity index is 1310. The van der Waals surface area contributed by atoms with Gasteiger partial charge in [-0.25, -0.2) is 13.6 Å². The fraction of sp³-hybridized carbons (Fsp3) is 0.318. The first-order valence-corrected chi connectivity index (χ1v) is 10.6. The predicted octanol–water partition coefficient (Wildman–Crippen LogP) is 4.55. The summed E-state index contributed by atoms with van der Waals surface area (Å²) in [7, 11) is 1.28. The fourth-order valence-corrected chi connectivity index (χ4v) is 3.57. The number of aliphatic hydroxyl groups is 1. The van der Waals surface area contributed by atoms with Gasteiger partial charge >= 0.3 is 11.9 Å². The molecular weight excluding hydrogens is 499 g/mol. The van der Waals surface area contributed by atoms with Crippen LogP contribution in [0.2, 0.25) is 5.02 Å². The van der Waals surface area contributed by atoms with Crippen LogP contribution in [-0.2, 0) is 13.5 Å². The largest absolute Gasteiger partial charge is 0.391 e. The molecule has 2 aromatic carbocycles. The van der Waals surface area contributed by atoms with E-state index in [1.807, 2.05) is 0 Å². The number of amides is 1. The average Bonchev–Trinajstić information content (AvgIpc) is 3.05. The van der Waals surface area contributed by atoms with Crippen LogP contribution in [0.1, 0.15) is 41.7 Å². The van der Waals surface area contributed by atoms with Crippen LogP contribution in [-0.4, -0.2) is 31.5 Å². The first kappa shape index (κ1) is 26.4. The van der Waals surface area contributed by atoms with Crippen LogP contribution >= 0.6 is 11.6 Å². The molecule has 2 atom stereocenters. The van der Waals surface area contributed by atoms with E-state index in [2.05, 4.69) is 10.4 Å². The summed E-state index contributed by atoms with van der Waals surface area (Å²) in [6.07, 6.45) is -6.59. The van der Waals surface area contributed by atoms with Gasteiger partial charge in [-0.2, -0.15) is 17.9 Å². The number of rotatable bonds is 6. The average molecular weight is 519 g/mol. The standard InChI is InChI=1S/C22H20ClF5N4O3/c1-10(22(26,27)28)7-12-8-17(32-21(35)31(3)19(30-32)11(2)33)16(25)9-13(12)20(34)29-18-14(23)5-4-6-15(18)24/h4-6,8-11,33H,7H2,1-3H3,(H,29,34)/t10-,11+/m1/s1. The predicted molar refractivity (Wildman–Crippen MR) is 118 cm³/mol. The SMILES string of the molecule is C[C@H](O)c1nn(-c2cc(C[C@@H](C)C(F)(F)F)c(C(=O)Nc3c(F)cccc3Cl)cc2F)c(=O)n1C. The second-order valence-electron chi connectivity index (χ2n) is 7.95. The number of carbonyl (C=O) groups is 1. The molecule has 0 bridgehead atoms. The molecule has 3 aromatic rings. The maximum atomic E-state index is 15.1. The van der Waals surface area contributed by atoms with E-state index in [-0.39, 0.29) is 16.4 Å². The second-order valence-corrected chi connectivity index (χ2v) is 8.35. The maximum Gasteiger partial charge on any atom is 0.391 e. The molecule has 1 aromatic heterocycles. The van der Waals surface area contributed by atoms with Gasteiger partial charge in [-0.05, 0) is 43.2 Å². The third-order valence-electron chi connectivity index (χ3n) is 5.32. The number of nitrogens with zero attached hydrogens (tertiary/aromatic N) is 3. The molecule has 0 aliphatic heterocycles. The lowest BCUT2D eigenvalue weighted by Crippen LogP contribution is -2.26. The molecule has 1 heterocycles. The number of hydrogen-bond acceptors (Lipinski definition) is 4. The van der Waals surface area contributed by atoms with Gasteiger partial charge in [0, 0.05) is 12.6 Å². The van der Waals surface area contributed by atoms with Crippen molar-refractivity contribution in [2.45, 2.75) is 32.5 Å². The zero-order chi connectivity index (χ0) is 26.2. The Morgan fingerprint density at radius 3 is 2.40 bits per heavy atom. The van der Waals surface area contributed by atoms with Crippen LogP contribution in [0.3, 0.4) is 0 Å². The Morgan fingerprint density at radius 2 is 1.86 bits per heavy atom. The highest BCUT2D eigenvalue weighted by Crippen LogP contribution is 2.32. The molecule has 7 nitrogen and oxygen atoms in total. The van der Waals surface area contributed by atoms with Crippen molar-refractivity contribution in [3.8, 4) is 5.69 Å². The monoisotopic (exact) mass is 518 g/mol. The Morgan fingerprint density at radius 1 is 1.20 bits per heavy atom. The summed E-state index contributed by atoms with van der Waals surface area (Å²) in [4.78, 5) is 25.4. The van der Waals surface area contributed by atoms with E-state index in [0.717, 1.165) is 23.6 Å². The minimum absolute atomic E-state index is 0.115. The summed E-state index contributed by atoms with van der Waals surface area (Å²) in [6, 6.07) is 5.11. The molecule has 0 saturated carbocycles. The number of carbonyl (C=O) groups excluding carboxylic acids is 1. The lowest BCUT2D eigenvalue weighted by atomic mass is 9.95. The van der Waals surface area contributed by atoms with Crippen LogP contribution in [0.25, 0.3) is 5.69 Å². The van der Waals surface area contributed by atoms with Crippen molar-refractivity contribution in [3.63, 3.8) is 0 Å². The van der Waals surface area contributed by atoms with Crippen molar-refractivity contribution in [1.29, 1.82) is 0 Å². The van der Waals surface area contributed by atoms with Crippen molar-refractivity contribution in [2.24, 2.45) is 13.0 Å². The number of alkyl halides is 3. The zero-order valence-corrected chi connectivity index (χ0v) is 19.4. The highest BCUT2D eigenvalue weighted by Gasteiger charge is 2.37. The molecule has 0 aliphatic carbocycles. The minimum Gasteiger partial charge on any atom is -0.385 e. The molecule has 0 unspecified atom stereocenters. The van der Waals surface area contributed by atoms with Crippen LogP contribution in [0.5, 0.6) is 0 Å². The van der Waals surface area contributed by atoms with Crippen LogP contribution in [0.4, 0.5) is 27.6 Å². The van der Waals surface area contributed by atoms with Crippen molar-refractivity contribution in [1.82, 2.24) is 14.3 Å². The summed E-state index contributed by atoms with van der Waals surface area (Å²) in [5, 5.41) is 15.6. The quantitative estimate of drug-likeness (QED) is 0.469. The van der Waals surface area contributed by atoms with Crippen LogP contribution < -0.4 is 11.0 Å². The van der Waals surface area contributed by atoms with Crippen molar-refractivity contribution in [3.05, 3.63) is 74.4 Å². The van der Waals surface area contributed by atoms with E-state index in [0.29, 0.717) is 10.7 Å². The smallest absolute Gasteiger partial charge is 0.385 e. The number of nitrogens with one attached hydrogen (secondary N) is 1. The molecule has 188 valence electrons. The molecule has 0 fully saturated rings. The van der Waals surface area contributed by atoms with Crippen LogP contribution in [0, 0.1) is 17.6 Å². The number of aromatic nitrogens is 3. The molecule has 35 heavy (non-hydrogen) atoms. The summed E-state index contributed by atoms with van der Waals surface area (Å²) in [6.45, 7) is 2.19. The first-order valence-electron chi connectivity index (χ1n) is 10.2. The van der Waals surface area contributed by atoms with E-state index in [1.54, 1.807) is 0 Å². The molecule has 0 radical (unpaired) electrons. The van der Waals surface area contributed by atoms with Gasteiger partial charge in [0.15, 0.2) is 5.82 Å². The molecule has 1 amide bonds. The fourth-order valence-electron chi connectivity index (χ4n) is 3.36. The molecule has 13 heteroatoms. The number of aliphatic hydroxyl groups excluding tert-OH is 1. The Balaban J connectivity index is 2.16. The number of halogens is 6. The van der Waals surface area contributed by atoms with E-state index >= 15 is 4.39 Å². The first-order chi connectivity index (χ1) is 16.2. The van der Waals surface area contributed by atoms with E-state index < -0.39 is 64.8 Å².